The molecule has 1 unspecified atom stereocenters. The van der Waals surface area contributed by atoms with Crippen LogP contribution in [0, 0.1) is 0 Å². The number of aromatic nitrogens is 1. The van der Waals surface area contributed by atoms with E-state index in [9.17, 15) is 8.42 Å². The first-order valence-corrected chi connectivity index (χ1v) is 9.26. The third kappa shape index (κ3) is 2.72. The summed E-state index contributed by atoms with van der Waals surface area (Å²) in [7, 11) is -1.03. The maximum atomic E-state index is 11.7. The van der Waals surface area contributed by atoms with Crippen molar-refractivity contribution in [3.05, 3.63) is 28.9 Å². The molecule has 0 amide bonds. The van der Waals surface area contributed by atoms with Crippen molar-refractivity contribution in [3.8, 4) is 0 Å². The maximum Gasteiger partial charge on any atom is 0.152 e. The Balaban J connectivity index is 2.11. The first kappa shape index (κ1) is 14.6. The summed E-state index contributed by atoms with van der Waals surface area (Å²) in [5.41, 5.74) is 8.36. The number of rotatable bonds is 2. The van der Waals surface area contributed by atoms with E-state index in [-0.39, 0.29) is 17.5 Å². The molecule has 2 heterocycles. The van der Waals surface area contributed by atoms with Crippen molar-refractivity contribution in [2.24, 2.45) is 0 Å². The lowest BCUT2D eigenvalue weighted by atomic mass is 10.1. The highest BCUT2D eigenvalue weighted by atomic mass is 79.9. The van der Waals surface area contributed by atoms with Crippen LogP contribution in [0.4, 0.5) is 11.4 Å². The predicted octanol–water partition coefficient (Wildman–Crippen LogP) is 2.20. The van der Waals surface area contributed by atoms with E-state index in [1.54, 1.807) is 6.20 Å². The largest absolute Gasteiger partial charge is 0.396 e. The Labute approximate surface area is 132 Å². The normalized spacial score (nSPS) is 20.8. The van der Waals surface area contributed by atoms with Gasteiger partial charge < -0.3 is 10.6 Å². The number of nitrogens with two attached hydrogens (primary N) is 1. The predicted molar refractivity (Wildman–Crippen MR) is 89.3 cm³/mol. The quantitative estimate of drug-likeness (QED) is 0.877. The smallest absolute Gasteiger partial charge is 0.152 e. The van der Waals surface area contributed by atoms with Gasteiger partial charge in [0.05, 0.1) is 34.6 Å². The third-order valence-electron chi connectivity index (χ3n) is 3.94. The van der Waals surface area contributed by atoms with Gasteiger partial charge in [-0.2, -0.15) is 0 Å². The molecule has 0 spiro atoms. The molecule has 1 aliphatic heterocycles. The van der Waals surface area contributed by atoms with Gasteiger partial charge in [-0.25, -0.2) is 8.42 Å². The lowest BCUT2D eigenvalue weighted by Crippen LogP contribution is -2.33. The standard InChI is InChI=1S/C14H16BrN3O2S/c1-18(10-4-5-21(19,20)8-10)14-11-6-9(15)2-3-13(11)17-7-12(14)16/h2-3,6-7,10H,4-5,8,16H2,1H3. The van der Waals surface area contributed by atoms with E-state index in [2.05, 4.69) is 20.9 Å². The van der Waals surface area contributed by atoms with E-state index >= 15 is 0 Å². The molecule has 2 N–H and O–H groups in total. The Morgan fingerprint density at radius 2 is 2.19 bits per heavy atom. The zero-order valence-electron chi connectivity index (χ0n) is 11.6. The SMILES string of the molecule is CN(c1c(N)cnc2ccc(Br)cc12)C1CCS(=O)(=O)C1. The van der Waals surface area contributed by atoms with E-state index in [1.165, 1.54) is 0 Å². The van der Waals surface area contributed by atoms with Crippen LogP contribution < -0.4 is 10.6 Å². The first-order chi connectivity index (χ1) is 9.87. The fraction of sp³-hybridized carbons (Fsp3) is 0.357. The highest BCUT2D eigenvalue weighted by Crippen LogP contribution is 2.35. The minimum atomic E-state index is -2.93. The Morgan fingerprint density at radius 3 is 2.86 bits per heavy atom. The molecule has 7 heteroatoms. The van der Waals surface area contributed by atoms with Crippen molar-refractivity contribution in [1.29, 1.82) is 0 Å². The van der Waals surface area contributed by atoms with Gasteiger partial charge >= 0.3 is 0 Å². The number of nitrogen functional groups attached to an aromatic ring is 1. The zero-order chi connectivity index (χ0) is 15.2. The highest BCUT2D eigenvalue weighted by molar-refractivity contribution is 9.10. The van der Waals surface area contributed by atoms with Crippen LogP contribution in [0.2, 0.25) is 0 Å². The topological polar surface area (TPSA) is 76.3 Å². The second kappa shape index (κ2) is 5.14. The molecule has 5 nitrogen and oxygen atoms in total. The van der Waals surface area contributed by atoms with Gasteiger partial charge in [0.2, 0.25) is 0 Å². The van der Waals surface area contributed by atoms with Crippen molar-refractivity contribution in [3.63, 3.8) is 0 Å². The van der Waals surface area contributed by atoms with E-state index < -0.39 is 9.84 Å². The summed E-state index contributed by atoms with van der Waals surface area (Å²) in [5.74, 6) is 0.426. The number of hydrogen-bond donors (Lipinski definition) is 1. The van der Waals surface area contributed by atoms with Crippen LogP contribution in [0.25, 0.3) is 10.9 Å². The Hall–Kier alpha value is -1.34. The molecule has 0 bridgehead atoms. The van der Waals surface area contributed by atoms with Gasteiger partial charge in [0.25, 0.3) is 0 Å². The Morgan fingerprint density at radius 1 is 1.43 bits per heavy atom. The molecular weight excluding hydrogens is 354 g/mol. The number of hydrogen-bond acceptors (Lipinski definition) is 5. The second-order valence-electron chi connectivity index (χ2n) is 5.39. The Kier molecular flexibility index (Phi) is 3.57. The summed E-state index contributed by atoms with van der Waals surface area (Å²) in [5, 5.41) is 0.927. The molecule has 0 saturated carbocycles. The lowest BCUT2D eigenvalue weighted by molar-refractivity contribution is 0.601. The molecule has 112 valence electrons. The van der Waals surface area contributed by atoms with Crippen LogP contribution in [-0.2, 0) is 9.84 Å². The molecule has 1 aliphatic rings. The van der Waals surface area contributed by atoms with Crippen LogP contribution in [-0.4, -0.2) is 38.0 Å². The second-order valence-corrected chi connectivity index (χ2v) is 8.54. The monoisotopic (exact) mass is 369 g/mol. The third-order valence-corrected chi connectivity index (χ3v) is 6.18. The van der Waals surface area contributed by atoms with Crippen LogP contribution in [0.15, 0.2) is 28.9 Å². The molecule has 21 heavy (non-hydrogen) atoms. The number of pyridine rings is 1. The van der Waals surface area contributed by atoms with Crippen molar-refractivity contribution < 1.29 is 8.42 Å². The molecule has 1 fully saturated rings. The summed E-state index contributed by atoms with van der Waals surface area (Å²) < 4.78 is 24.3. The summed E-state index contributed by atoms with van der Waals surface area (Å²) in [4.78, 5) is 6.31. The minimum Gasteiger partial charge on any atom is -0.396 e. The molecule has 1 atom stereocenters. The van der Waals surface area contributed by atoms with E-state index in [1.807, 2.05) is 30.1 Å². The number of anilines is 2. The summed E-state index contributed by atoms with van der Waals surface area (Å²) >= 11 is 3.46. The average molecular weight is 370 g/mol. The van der Waals surface area contributed by atoms with Gasteiger partial charge in [-0.05, 0) is 24.6 Å². The van der Waals surface area contributed by atoms with Gasteiger partial charge in [-0.3, -0.25) is 4.98 Å². The fourth-order valence-corrected chi connectivity index (χ4v) is 4.96. The molecule has 1 aromatic carbocycles. The summed E-state index contributed by atoms with van der Waals surface area (Å²) in [6, 6.07) is 5.77. The van der Waals surface area contributed by atoms with Gasteiger partial charge in [0.15, 0.2) is 9.84 Å². The molecule has 0 radical (unpaired) electrons. The number of sulfone groups is 1. The van der Waals surface area contributed by atoms with Crippen molar-refractivity contribution in [2.45, 2.75) is 12.5 Å². The summed E-state index contributed by atoms with van der Waals surface area (Å²) in [6.07, 6.45) is 2.27. The van der Waals surface area contributed by atoms with E-state index in [4.69, 9.17) is 5.73 Å². The van der Waals surface area contributed by atoms with Gasteiger partial charge in [-0.15, -0.1) is 0 Å². The molecule has 1 aromatic heterocycles. The van der Waals surface area contributed by atoms with E-state index in [0.29, 0.717) is 12.1 Å². The van der Waals surface area contributed by atoms with E-state index in [0.717, 1.165) is 21.1 Å². The molecule has 0 aliphatic carbocycles. The Bertz CT molecular complexity index is 802. The van der Waals surface area contributed by atoms with Crippen molar-refractivity contribution in [1.82, 2.24) is 4.98 Å². The highest BCUT2D eigenvalue weighted by Gasteiger charge is 2.32. The number of benzene rings is 1. The molecular formula is C14H16BrN3O2S. The minimum absolute atomic E-state index is 0.0399. The number of fused-ring (bicyclic) bond motifs is 1. The fourth-order valence-electron chi connectivity index (χ4n) is 2.82. The zero-order valence-corrected chi connectivity index (χ0v) is 14.0. The van der Waals surface area contributed by atoms with Gasteiger partial charge in [0, 0.05) is 22.9 Å². The number of nitrogens with zero attached hydrogens (tertiary/aromatic N) is 2. The number of halogens is 1. The summed E-state index contributed by atoms with van der Waals surface area (Å²) in [6.45, 7) is 0. The van der Waals surface area contributed by atoms with Gasteiger partial charge in [0.1, 0.15) is 0 Å². The first-order valence-electron chi connectivity index (χ1n) is 6.64. The van der Waals surface area contributed by atoms with Crippen molar-refractivity contribution in [2.75, 3.05) is 29.2 Å². The van der Waals surface area contributed by atoms with Gasteiger partial charge in [-0.1, -0.05) is 15.9 Å². The van der Waals surface area contributed by atoms with Crippen molar-refractivity contribution >= 4 is 48.0 Å². The van der Waals surface area contributed by atoms with Crippen LogP contribution in [0.5, 0.6) is 0 Å². The molecule has 3 rings (SSSR count). The van der Waals surface area contributed by atoms with Crippen LogP contribution in [0.1, 0.15) is 6.42 Å². The maximum absolute atomic E-state index is 11.7. The lowest BCUT2D eigenvalue weighted by Gasteiger charge is -2.28. The average Bonchev–Trinajstić information content (AvgIpc) is 2.78. The molecule has 1 saturated heterocycles. The van der Waals surface area contributed by atoms with Crippen LogP contribution >= 0.6 is 15.9 Å². The molecule has 2 aromatic rings. The van der Waals surface area contributed by atoms with Crippen LogP contribution in [0.3, 0.4) is 0 Å².